The van der Waals surface area contributed by atoms with E-state index >= 15 is 0 Å². The van der Waals surface area contributed by atoms with E-state index in [0.717, 1.165) is 49.5 Å². The van der Waals surface area contributed by atoms with E-state index in [4.69, 9.17) is 15.2 Å². The number of para-hydroxylation sites is 1. The van der Waals surface area contributed by atoms with Gasteiger partial charge in [-0.05, 0) is 25.5 Å². The molecule has 5 heteroatoms. The molecule has 0 saturated carbocycles. The molecule has 1 amide bonds. The number of primary amides is 1. The number of nitrogens with two attached hydrogens (primary N) is 1. The van der Waals surface area contributed by atoms with Gasteiger partial charge in [-0.3, -0.25) is 9.69 Å². The summed E-state index contributed by atoms with van der Waals surface area (Å²) in [7, 11) is 0. The van der Waals surface area contributed by atoms with Crippen LogP contribution < -0.4 is 15.2 Å². The van der Waals surface area contributed by atoms with Gasteiger partial charge in [-0.2, -0.15) is 0 Å². The van der Waals surface area contributed by atoms with Crippen molar-refractivity contribution in [2.45, 2.75) is 19.4 Å². The van der Waals surface area contributed by atoms with Gasteiger partial charge in [-0.1, -0.05) is 12.1 Å². The molecule has 2 heterocycles. The smallest absolute Gasteiger partial charge is 0.221 e. The maximum atomic E-state index is 11.3. The third-order valence-corrected chi connectivity index (χ3v) is 3.95. The van der Waals surface area contributed by atoms with Crippen molar-refractivity contribution in [1.29, 1.82) is 0 Å². The van der Waals surface area contributed by atoms with Gasteiger partial charge >= 0.3 is 0 Å². The summed E-state index contributed by atoms with van der Waals surface area (Å²) < 4.78 is 11.3. The van der Waals surface area contributed by atoms with Crippen LogP contribution in [0.25, 0.3) is 0 Å². The molecule has 2 N–H and O–H groups in total. The molecule has 1 aromatic carbocycles. The first kappa shape index (κ1) is 13.2. The average molecular weight is 276 g/mol. The van der Waals surface area contributed by atoms with Gasteiger partial charge in [-0.15, -0.1) is 0 Å². The minimum atomic E-state index is -0.190. The van der Waals surface area contributed by atoms with E-state index < -0.39 is 0 Å². The van der Waals surface area contributed by atoms with Crippen LogP contribution in [0.5, 0.6) is 11.5 Å². The highest BCUT2D eigenvalue weighted by Gasteiger charge is 2.25. The van der Waals surface area contributed by atoms with Gasteiger partial charge in [0.15, 0.2) is 11.5 Å². The molecular weight excluding hydrogens is 256 g/mol. The second-order valence-electron chi connectivity index (χ2n) is 5.42. The van der Waals surface area contributed by atoms with Gasteiger partial charge in [-0.25, -0.2) is 0 Å². The Balaban J connectivity index is 1.73. The lowest BCUT2D eigenvalue weighted by Crippen LogP contribution is -2.40. The Bertz CT molecular complexity index is 504. The Morgan fingerprint density at radius 3 is 3.05 bits per heavy atom. The monoisotopic (exact) mass is 276 g/mol. The third-order valence-electron chi connectivity index (χ3n) is 3.95. The van der Waals surface area contributed by atoms with E-state index in [9.17, 15) is 4.79 Å². The highest BCUT2D eigenvalue weighted by molar-refractivity contribution is 5.76. The predicted molar refractivity (Wildman–Crippen MR) is 74.6 cm³/mol. The number of hydrogen-bond acceptors (Lipinski definition) is 4. The van der Waals surface area contributed by atoms with Crippen molar-refractivity contribution in [2.75, 3.05) is 26.3 Å². The second kappa shape index (κ2) is 5.71. The third kappa shape index (κ3) is 2.72. The summed E-state index contributed by atoms with van der Waals surface area (Å²) >= 11 is 0. The lowest BCUT2D eigenvalue weighted by atomic mass is 9.97. The van der Waals surface area contributed by atoms with E-state index in [2.05, 4.69) is 11.0 Å². The van der Waals surface area contributed by atoms with Crippen molar-refractivity contribution >= 4 is 5.91 Å². The molecule has 20 heavy (non-hydrogen) atoms. The number of carbonyl (C=O) groups is 1. The molecule has 1 aromatic rings. The summed E-state index contributed by atoms with van der Waals surface area (Å²) in [5.41, 5.74) is 6.54. The number of hydrogen-bond donors (Lipinski definition) is 1. The van der Waals surface area contributed by atoms with E-state index in [1.54, 1.807) is 0 Å². The van der Waals surface area contributed by atoms with Crippen molar-refractivity contribution in [3.63, 3.8) is 0 Å². The summed E-state index contributed by atoms with van der Waals surface area (Å²) in [5, 5.41) is 0. The lowest BCUT2D eigenvalue weighted by molar-refractivity contribution is -0.123. The molecule has 2 aliphatic rings. The van der Waals surface area contributed by atoms with E-state index in [0.29, 0.717) is 13.2 Å². The first-order valence-electron chi connectivity index (χ1n) is 7.13. The molecule has 0 bridgehead atoms. The van der Waals surface area contributed by atoms with E-state index in [1.807, 2.05) is 12.1 Å². The fraction of sp³-hybridized carbons (Fsp3) is 0.533. The van der Waals surface area contributed by atoms with Crippen LogP contribution in [-0.4, -0.2) is 37.1 Å². The van der Waals surface area contributed by atoms with Crippen molar-refractivity contribution in [1.82, 2.24) is 4.90 Å². The van der Waals surface area contributed by atoms with Crippen LogP contribution in [0.4, 0.5) is 0 Å². The minimum absolute atomic E-state index is 0.0274. The topological polar surface area (TPSA) is 64.8 Å². The first-order valence-corrected chi connectivity index (χ1v) is 7.13. The Hall–Kier alpha value is -1.75. The van der Waals surface area contributed by atoms with Crippen LogP contribution in [0.3, 0.4) is 0 Å². The number of carbonyl (C=O) groups excluding carboxylic acids is 1. The van der Waals surface area contributed by atoms with Crippen LogP contribution in [0.15, 0.2) is 18.2 Å². The van der Waals surface area contributed by atoms with Crippen molar-refractivity contribution in [2.24, 2.45) is 11.7 Å². The highest BCUT2D eigenvalue weighted by Crippen LogP contribution is 2.34. The number of rotatable bonds is 3. The zero-order valence-corrected chi connectivity index (χ0v) is 11.5. The van der Waals surface area contributed by atoms with Crippen molar-refractivity contribution in [3.8, 4) is 11.5 Å². The molecule has 0 aromatic heterocycles. The summed E-state index contributed by atoms with van der Waals surface area (Å²) in [4.78, 5) is 13.6. The Labute approximate surface area is 118 Å². The fourth-order valence-corrected chi connectivity index (χ4v) is 2.93. The zero-order chi connectivity index (χ0) is 13.9. The molecule has 0 spiro atoms. The molecule has 1 fully saturated rings. The number of piperidine rings is 1. The van der Waals surface area contributed by atoms with Crippen LogP contribution in [0, 0.1) is 5.92 Å². The summed E-state index contributed by atoms with van der Waals surface area (Å²) in [6, 6.07) is 5.97. The molecule has 108 valence electrons. The molecule has 1 atom stereocenters. The van der Waals surface area contributed by atoms with Crippen molar-refractivity contribution in [3.05, 3.63) is 23.8 Å². The van der Waals surface area contributed by atoms with E-state index in [-0.39, 0.29) is 11.8 Å². The van der Waals surface area contributed by atoms with Gasteiger partial charge in [0.25, 0.3) is 0 Å². The molecule has 0 radical (unpaired) electrons. The van der Waals surface area contributed by atoms with Crippen LogP contribution in [-0.2, 0) is 11.3 Å². The fourth-order valence-electron chi connectivity index (χ4n) is 2.93. The standard InChI is InChI=1S/C15H20N2O3/c16-15(18)12-4-2-6-17(10-12)9-11-3-1-5-13-14(11)20-8-7-19-13/h1,3,5,12H,2,4,6-10H2,(H2,16,18). The van der Waals surface area contributed by atoms with Gasteiger partial charge in [0, 0.05) is 18.7 Å². The van der Waals surface area contributed by atoms with Crippen LogP contribution in [0.2, 0.25) is 0 Å². The lowest BCUT2D eigenvalue weighted by Gasteiger charge is -2.32. The zero-order valence-electron chi connectivity index (χ0n) is 11.5. The maximum Gasteiger partial charge on any atom is 0.221 e. The maximum absolute atomic E-state index is 11.3. The molecule has 2 aliphatic heterocycles. The number of likely N-dealkylation sites (tertiary alicyclic amines) is 1. The number of nitrogens with zero attached hydrogens (tertiary/aromatic N) is 1. The molecule has 3 rings (SSSR count). The van der Waals surface area contributed by atoms with Crippen molar-refractivity contribution < 1.29 is 14.3 Å². The van der Waals surface area contributed by atoms with Gasteiger partial charge in [0.2, 0.25) is 5.91 Å². The molecule has 1 unspecified atom stereocenters. The largest absolute Gasteiger partial charge is 0.486 e. The summed E-state index contributed by atoms with van der Waals surface area (Å²) in [5.74, 6) is 1.45. The number of amides is 1. The van der Waals surface area contributed by atoms with E-state index in [1.165, 1.54) is 0 Å². The number of fused-ring (bicyclic) bond motifs is 1. The second-order valence-corrected chi connectivity index (χ2v) is 5.42. The quantitative estimate of drug-likeness (QED) is 0.899. The predicted octanol–water partition coefficient (Wildman–Crippen LogP) is 1.16. The van der Waals surface area contributed by atoms with Gasteiger partial charge in [0.05, 0.1) is 5.92 Å². The average Bonchev–Trinajstić information content (AvgIpc) is 2.48. The highest BCUT2D eigenvalue weighted by atomic mass is 16.6. The SMILES string of the molecule is NC(=O)C1CCCN(Cc2cccc3c2OCCO3)C1. The van der Waals surface area contributed by atoms with Crippen LogP contribution in [0.1, 0.15) is 18.4 Å². The normalized spacial score (nSPS) is 22.5. The first-order chi connectivity index (χ1) is 9.74. The summed E-state index contributed by atoms with van der Waals surface area (Å²) in [6.07, 6.45) is 1.92. The van der Waals surface area contributed by atoms with Gasteiger partial charge < -0.3 is 15.2 Å². The number of benzene rings is 1. The van der Waals surface area contributed by atoms with Gasteiger partial charge in [0.1, 0.15) is 13.2 Å². The molecule has 1 saturated heterocycles. The minimum Gasteiger partial charge on any atom is -0.486 e. The Morgan fingerprint density at radius 2 is 2.20 bits per heavy atom. The molecule has 0 aliphatic carbocycles. The molecule has 5 nitrogen and oxygen atoms in total. The van der Waals surface area contributed by atoms with Crippen LogP contribution >= 0.6 is 0 Å². The number of ether oxygens (including phenoxy) is 2. The Morgan fingerprint density at radius 1 is 1.35 bits per heavy atom. The molecular formula is C15H20N2O3. The summed E-state index contributed by atoms with van der Waals surface area (Å²) in [6.45, 7) is 3.70. The Kier molecular flexibility index (Phi) is 3.78.